The molecule has 0 N–H and O–H groups in total. The Labute approximate surface area is 185 Å². The predicted molar refractivity (Wildman–Crippen MR) is 117 cm³/mol. The molecule has 7 heteroatoms. The highest BCUT2D eigenvalue weighted by Crippen LogP contribution is 2.30. The van der Waals surface area contributed by atoms with Gasteiger partial charge < -0.3 is 14.2 Å². The van der Waals surface area contributed by atoms with E-state index in [1.807, 2.05) is 26.8 Å². The van der Waals surface area contributed by atoms with Crippen molar-refractivity contribution in [2.24, 2.45) is 5.92 Å². The summed E-state index contributed by atoms with van der Waals surface area (Å²) in [7, 11) is 3.14. The number of nitrogens with zero attached hydrogens (tertiary/aromatic N) is 1. The molecule has 1 aromatic carbocycles. The fourth-order valence-electron chi connectivity index (χ4n) is 3.95. The van der Waals surface area contributed by atoms with Crippen molar-refractivity contribution < 1.29 is 28.6 Å². The van der Waals surface area contributed by atoms with Crippen LogP contribution in [0.3, 0.4) is 0 Å². The normalized spacial score (nSPS) is 20.9. The summed E-state index contributed by atoms with van der Waals surface area (Å²) in [5, 5.41) is 0. The molecule has 31 heavy (non-hydrogen) atoms. The third kappa shape index (κ3) is 6.87. The molecule has 1 fully saturated rings. The van der Waals surface area contributed by atoms with E-state index >= 15 is 0 Å². The van der Waals surface area contributed by atoms with Gasteiger partial charge in [0.15, 0.2) is 5.78 Å². The first-order chi connectivity index (χ1) is 14.6. The zero-order valence-electron chi connectivity index (χ0n) is 19.4. The summed E-state index contributed by atoms with van der Waals surface area (Å²) in [4.78, 5) is 39.6. The summed E-state index contributed by atoms with van der Waals surface area (Å²) in [6.45, 7) is 7.61. The highest BCUT2D eigenvalue weighted by atomic mass is 16.6. The number of carbonyl (C=O) groups excluding carboxylic acids is 3. The van der Waals surface area contributed by atoms with E-state index < -0.39 is 23.7 Å². The van der Waals surface area contributed by atoms with Gasteiger partial charge in [-0.1, -0.05) is 37.3 Å². The minimum atomic E-state index is -0.630. The van der Waals surface area contributed by atoms with Gasteiger partial charge in [-0.05, 0) is 27.2 Å². The van der Waals surface area contributed by atoms with Crippen LogP contribution in [-0.2, 0) is 19.0 Å². The highest BCUT2D eigenvalue weighted by molar-refractivity contribution is 5.98. The van der Waals surface area contributed by atoms with Crippen LogP contribution in [0.15, 0.2) is 30.3 Å². The average Bonchev–Trinajstić information content (AvgIpc) is 3.16. The van der Waals surface area contributed by atoms with Crippen molar-refractivity contribution in [3.63, 3.8) is 0 Å². The number of methoxy groups -OCH3 is 2. The molecule has 0 unspecified atom stereocenters. The van der Waals surface area contributed by atoms with Crippen molar-refractivity contribution in [1.29, 1.82) is 0 Å². The third-order valence-electron chi connectivity index (χ3n) is 5.61. The molecule has 0 aliphatic carbocycles. The van der Waals surface area contributed by atoms with E-state index in [1.165, 1.54) is 7.11 Å². The summed E-state index contributed by atoms with van der Waals surface area (Å²) in [6.07, 6.45) is -0.302. The molecule has 172 valence electrons. The van der Waals surface area contributed by atoms with Crippen molar-refractivity contribution >= 4 is 17.7 Å². The van der Waals surface area contributed by atoms with Gasteiger partial charge in [-0.2, -0.15) is 0 Å². The fraction of sp³-hybridized carbons (Fsp3) is 0.625. The molecular weight excluding hydrogens is 398 g/mol. The first-order valence-electron chi connectivity index (χ1n) is 10.7. The maximum absolute atomic E-state index is 12.9. The number of hydrogen-bond donors (Lipinski definition) is 0. The van der Waals surface area contributed by atoms with E-state index in [1.54, 1.807) is 43.2 Å². The number of Topliss-reactive ketones (excluding diaryl/α,β-unsaturated/α-hetero) is 2. The lowest BCUT2D eigenvalue weighted by molar-refractivity contribution is -0.128. The fourth-order valence-corrected chi connectivity index (χ4v) is 3.95. The molecular formula is C24H35NO6. The van der Waals surface area contributed by atoms with Crippen LogP contribution in [-0.4, -0.2) is 67.2 Å². The number of ketones is 2. The second-order valence-electron chi connectivity index (χ2n) is 9.04. The van der Waals surface area contributed by atoms with Crippen LogP contribution in [0.2, 0.25) is 0 Å². The number of likely N-dealkylation sites (tertiary alicyclic amines) is 1. The number of ether oxygens (including phenoxy) is 3. The molecule has 0 aromatic heterocycles. The monoisotopic (exact) mass is 433 g/mol. The molecule has 1 aliphatic heterocycles. The molecule has 0 radical (unpaired) electrons. The molecule has 7 nitrogen and oxygen atoms in total. The lowest BCUT2D eigenvalue weighted by Gasteiger charge is -2.34. The maximum atomic E-state index is 12.9. The Bertz CT molecular complexity index is 757. The average molecular weight is 434 g/mol. The van der Waals surface area contributed by atoms with E-state index in [-0.39, 0.29) is 36.6 Å². The number of rotatable bonds is 9. The maximum Gasteiger partial charge on any atom is 0.410 e. The third-order valence-corrected chi connectivity index (χ3v) is 5.61. The molecule has 2 rings (SSSR count). The van der Waals surface area contributed by atoms with Gasteiger partial charge in [0.25, 0.3) is 0 Å². The smallest absolute Gasteiger partial charge is 0.410 e. The van der Waals surface area contributed by atoms with Crippen molar-refractivity contribution in [2.75, 3.05) is 20.8 Å². The van der Waals surface area contributed by atoms with E-state index in [2.05, 4.69) is 0 Å². The van der Waals surface area contributed by atoms with Gasteiger partial charge in [-0.15, -0.1) is 0 Å². The van der Waals surface area contributed by atoms with Gasteiger partial charge in [0.1, 0.15) is 11.4 Å². The zero-order chi connectivity index (χ0) is 23.2. The number of benzene rings is 1. The highest BCUT2D eigenvalue weighted by Gasteiger charge is 2.44. The number of carbonyl (C=O) groups is 3. The van der Waals surface area contributed by atoms with Crippen LogP contribution in [0.25, 0.3) is 0 Å². The van der Waals surface area contributed by atoms with Crippen LogP contribution in [0.5, 0.6) is 0 Å². The molecule has 0 bridgehead atoms. The van der Waals surface area contributed by atoms with Crippen LogP contribution < -0.4 is 0 Å². The van der Waals surface area contributed by atoms with Gasteiger partial charge in [0.05, 0.1) is 24.8 Å². The van der Waals surface area contributed by atoms with Crippen molar-refractivity contribution in [3.05, 3.63) is 35.9 Å². The Morgan fingerprint density at radius 2 is 1.74 bits per heavy atom. The first kappa shape index (κ1) is 25.0. The van der Waals surface area contributed by atoms with E-state index in [4.69, 9.17) is 14.2 Å². The predicted octanol–water partition coefficient (Wildman–Crippen LogP) is 3.89. The van der Waals surface area contributed by atoms with Gasteiger partial charge in [-0.25, -0.2) is 4.79 Å². The van der Waals surface area contributed by atoms with Gasteiger partial charge in [0.2, 0.25) is 0 Å². The van der Waals surface area contributed by atoms with Gasteiger partial charge >= 0.3 is 6.09 Å². The second kappa shape index (κ2) is 10.9. The molecule has 1 aliphatic rings. The summed E-state index contributed by atoms with van der Waals surface area (Å²) in [5.41, 5.74) is -0.0321. The minimum absolute atomic E-state index is 0.0641. The lowest BCUT2D eigenvalue weighted by atomic mass is 9.89. The van der Waals surface area contributed by atoms with Crippen molar-refractivity contribution in [3.8, 4) is 0 Å². The molecule has 1 amide bonds. The SMILES string of the molecule is CO[C@@H]1C[C@@H]([C@H](OC)[C@@H](C)C(=O)CCC(=O)c2ccccc2)N(C(=O)OC(C)(C)C)C1. The zero-order valence-corrected chi connectivity index (χ0v) is 19.4. The van der Waals surface area contributed by atoms with Gasteiger partial charge in [-0.3, -0.25) is 14.5 Å². The first-order valence-corrected chi connectivity index (χ1v) is 10.7. The van der Waals surface area contributed by atoms with Crippen LogP contribution in [0.1, 0.15) is 57.3 Å². The lowest BCUT2D eigenvalue weighted by Crippen LogP contribution is -2.49. The Balaban J connectivity index is 2.07. The molecule has 1 saturated heterocycles. The molecule has 0 saturated carbocycles. The van der Waals surface area contributed by atoms with Crippen LogP contribution in [0, 0.1) is 5.92 Å². The molecule has 1 aromatic rings. The molecule has 0 spiro atoms. The quantitative estimate of drug-likeness (QED) is 0.550. The van der Waals surface area contributed by atoms with E-state index in [9.17, 15) is 14.4 Å². The summed E-state index contributed by atoms with van der Waals surface area (Å²) < 4.78 is 16.7. The van der Waals surface area contributed by atoms with Crippen LogP contribution >= 0.6 is 0 Å². The number of hydrogen-bond acceptors (Lipinski definition) is 6. The van der Waals surface area contributed by atoms with Crippen molar-refractivity contribution in [2.45, 2.75) is 70.8 Å². The standard InChI is InChI=1S/C24H35NO6/c1-16(20(26)12-13-21(27)17-10-8-7-9-11-17)22(30-6)19-14-18(29-5)15-25(19)23(28)31-24(2,3)4/h7-11,16,18-19,22H,12-15H2,1-6H3/t16-,18+,19-,22+/m0/s1. The molecule has 1 heterocycles. The summed E-state index contributed by atoms with van der Waals surface area (Å²) in [5.74, 6) is -0.619. The Morgan fingerprint density at radius 3 is 2.29 bits per heavy atom. The Morgan fingerprint density at radius 1 is 1.10 bits per heavy atom. The second-order valence-corrected chi connectivity index (χ2v) is 9.04. The largest absolute Gasteiger partial charge is 0.444 e. The number of amides is 1. The molecule has 4 atom stereocenters. The summed E-state index contributed by atoms with van der Waals surface area (Å²) in [6, 6.07) is 8.59. The Kier molecular flexibility index (Phi) is 8.77. The van der Waals surface area contributed by atoms with E-state index in [0.29, 0.717) is 18.5 Å². The Hall–Kier alpha value is -2.25. The van der Waals surface area contributed by atoms with Crippen molar-refractivity contribution in [1.82, 2.24) is 4.90 Å². The topological polar surface area (TPSA) is 82.1 Å². The van der Waals surface area contributed by atoms with Crippen LogP contribution in [0.4, 0.5) is 4.79 Å². The van der Waals surface area contributed by atoms with E-state index in [0.717, 1.165) is 0 Å². The van der Waals surface area contributed by atoms with Gasteiger partial charge in [0, 0.05) is 38.5 Å². The summed E-state index contributed by atoms with van der Waals surface area (Å²) >= 11 is 0. The minimum Gasteiger partial charge on any atom is -0.444 e.